The summed E-state index contributed by atoms with van der Waals surface area (Å²) in [6, 6.07) is 24.3. The number of hydrogen-bond donors (Lipinski definition) is 5. The number of ether oxygens (including phenoxy) is 5. The number of sulfone groups is 1. The van der Waals surface area contributed by atoms with E-state index in [-0.39, 0.29) is 101 Å². The lowest BCUT2D eigenvalue weighted by Gasteiger charge is -2.29. The van der Waals surface area contributed by atoms with Gasteiger partial charge in [0.05, 0.1) is 41.4 Å². The van der Waals surface area contributed by atoms with E-state index in [9.17, 15) is 47.7 Å². The summed E-state index contributed by atoms with van der Waals surface area (Å²) in [7, 11) is -4.10. The van der Waals surface area contributed by atoms with E-state index in [0.717, 1.165) is 17.7 Å². The van der Waals surface area contributed by atoms with Gasteiger partial charge in [0.2, 0.25) is 5.76 Å². The lowest BCUT2D eigenvalue weighted by Crippen LogP contribution is -2.48. The van der Waals surface area contributed by atoms with E-state index in [2.05, 4.69) is 10.6 Å². The molecule has 2 saturated heterocycles. The molecule has 2 amide bonds. The number of carbonyl (C=O) groups is 3. The van der Waals surface area contributed by atoms with Crippen LogP contribution in [0.25, 0.3) is 21.9 Å². The molecule has 2 aliphatic rings. The molecule has 6 aromatic rings. The minimum atomic E-state index is -4.10. The Morgan fingerprint density at radius 3 is 2.01 bits per heavy atom. The Kier molecular flexibility index (Phi) is 15.5. The molecule has 0 saturated carbocycles. The standard InChI is InChI=1S/C51H52N2O17S/c1-28(2)20-33(22-36(55)35(21-29-8-4-3-5-9-29)53-51(61)70-45-27-67-50-34(45)18-19-64-50)71(62,63)32-16-14-30(15-17-32)52-48(58)43-23-37(56)46-39(10-6-12-41(46)68-43)65-25-31(54)26-66-40-11-7-13-42-47(40)38(57)24-44(69-42)49(59)60/h3-17,23-24,28,31,33-36,45,50,54-55H,18-22,25-27H2,1-2H3,(H,52,58)(H,53,61)(H,59,60)/t31?,33?,34-,35-,36+,45-,50+/m0/s1. The summed E-state index contributed by atoms with van der Waals surface area (Å²) in [6.07, 6.45) is -3.44. The third kappa shape index (κ3) is 11.9. The lowest BCUT2D eigenvalue weighted by atomic mass is 9.95. The molecule has 19 nitrogen and oxygen atoms in total. The Hall–Kier alpha value is -7.10. The smallest absolute Gasteiger partial charge is 0.407 e. The molecule has 8 rings (SSSR count). The minimum Gasteiger partial charge on any atom is -0.490 e. The molecule has 4 aromatic carbocycles. The van der Waals surface area contributed by atoms with Crippen molar-refractivity contribution in [1.29, 1.82) is 0 Å². The molecule has 71 heavy (non-hydrogen) atoms. The molecule has 5 N–H and O–H groups in total. The van der Waals surface area contributed by atoms with Crippen LogP contribution in [-0.4, -0.2) is 104 Å². The van der Waals surface area contributed by atoms with Gasteiger partial charge in [0.15, 0.2) is 32.7 Å². The zero-order valence-corrected chi connectivity index (χ0v) is 39.4. The van der Waals surface area contributed by atoms with Crippen molar-refractivity contribution in [2.45, 2.75) is 80.3 Å². The van der Waals surface area contributed by atoms with Crippen molar-refractivity contribution in [3.05, 3.63) is 141 Å². The number of nitrogens with one attached hydrogen (secondary N) is 2. The van der Waals surface area contributed by atoms with E-state index in [1.807, 2.05) is 44.2 Å². The normalized spacial score (nSPS) is 18.4. The van der Waals surface area contributed by atoms with E-state index in [4.69, 9.17) is 32.5 Å². The number of hydrogen-bond acceptors (Lipinski definition) is 16. The maximum Gasteiger partial charge on any atom is 0.407 e. The highest BCUT2D eigenvalue weighted by molar-refractivity contribution is 7.92. The second kappa shape index (κ2) is 21.9. The number of carbonyl (C=O) groups excluding carboxylic acids is 2. The summed E-state index contributed by atoms with van der Waals surface area (Å²) in [6.45, 7) is 3.69. The number of alkyl carbamates (subject to hydrolysis) is 1. The van der Waals surface area contributed by atoms with E-state index in [1.165, 1.54) is 60.7 Å². The predicted octanol–water partition coefficient (Wildman–Crippen LogP) is 5.71. The molecule has 4 heterocycles. The van der Waals surface area contributed by atoms with Crippen molar-refractivity contribution in [3.8, 4) is 11.5 Å². The van der Waals surface area contributed by atoms with Crippen LogP contribution in [0.2, 0.25) is 0 Å². The van der Waals surface area contributed by atoms with Gasteiger partial charge in [0.25, 0.3) is 5.91 Å². The molecule has 0 aliphatic carbocycles. The molecule has 374 valence electrons. The maximum absolute atomic E-state index is 14.3. The minimum absolute atomic E-state index is 0.00671. The average Bonchev–Trinajstić information content (AvgIpc) is 3.97. The fourth-order valence-corrected chi connectivity index (χ4v) is 10.7. The largest absolute Gasteiger partial charge is 0.490 e. The summed E-state index contributed by atoms with van der Waals surface area (Å²) < 4.78 is 68.0. The summed E-state index contributed by atoms with van der Waals surface area (Å²) in [5.41, 5.74) is -0.324. The van der Waals surface area contributed by atoms with Gasteiger partial charge in [0.1, 0.15) is 58.9 Å². The van der Waals surface area contributed by atoms with Crippen LogP contribution in [0.1, 0.15) is 59.8 Å². The van der Waals surface area contributed by atoms with Crippen LogP contribution >= 0.6 is 0 Å². The topological polar surface area (TPSA) is 277 Å². The molecule has 7 atom stereocenters. The quantitative estimate of drug-likeness (QED) is 0.0613. The van der Waals surface area contributed by atoms with Crippen molar-refractivity contribution in [2.75, 3.05) is 31.7 Å². The summed E-state index contributed by atoms with van der Waals surface area (Å²) >= 11 is 0. The van der Waals surface area contributed by atoms with E-state index >= 15 is 0 Å². The highest BCUT2D eigenvalue weighted by Crippen LogP contribution is 2.34. The van der Waals surface area contributed by atoms with Gasteiger partial charge in [-0.3, -0.25) is 14.4 Å². The van der Waals surface area contributed by atoms with Crippen molar-refractivity contribution in [3.63, 3.8) is 0 Å². The predicted molar refractivity (Wildman–Crippen MR) is 256 cm³/mol. The van der Waals surface area contributed by atoms with E-state index in [1.54, 1.807) is 0 Å². The van der Waals surface area contributed by atoms with Gasteiger partial charge in [-0.05, 0) is 85.7 Å². The number of benzene rings is 4. The van der Waals surface area contributed by atoms with Gasteiger partial charge < -0.3 is 58.5 Å². The van der Waals surface area contributed by atoms with Gasteiger partial charge in [0, 0.05) is 17.8 Å². The fraction of sp³-hybridized carbons (Fsp3) is 0.353. The van der Waals surface area contributed by atoms with Crippen LogP contribution in [0.3, 0.4) is 0 Å². The number of fused-ring (bicyclic) bond motifs is 3. The zero-order chi connectivity index (χ0) is 50.4. The second-order valence-electron chi connectivity index (χ2n) is 17.8. The fourth-order valence-electron chi connectivity index (χ4n) is 8.68. The molecule has 2 aromatic heterocycles. The van der Waals surface area contributed by atoms with Crippen molar-refractivity contribution in [2.24, 2.45) is 11.8 Å². The van der Waals surface area contributed by atoms with E-state index < -0.39 is 80.3 Å². The lowest BCUT2D eigenvalue weighted by molar-refractivity contribution is -0.0907. The van der Waals surface area contributed by atoms with Crippen LogP contribution in [0.15, 0.2) is 126 Å². The first kappa shape index (κ1) is 50.3. The van der Waals surface area contributed by atoms with Crippen LogP contribution in [0, 0.1) is 11.8 Å². The van der Waals surface area contributed by atoms with Crippen LogP contribution < -0.4 is 31.0 Å². The molecule has 0 radical (unpaired) electrons. The molecule has 2 unspecified atom stereocenters. The number of rotatable bonds is 20. The van der Waals surface area contributed by atoms with Crippen LogP contribution in [-0.2, 0) is 30.5 Å². The number of amides is 2. The van der Waals surface area contributed by atoms with Crippen molar-refractivity contribution >= 4 is 55.4 Å². The first-order chi connectivity index (χ1) is 34.0. The van der Waals surface area contributed by atoms with Crippen molar-refractivity contribution < 1.29 is 70.6 Å². The zero-order valence-electron chi connectivity index (χ0n) is 38.6. The van der Waals surface area contributed by atoms with Crippen LogP contribution in [0.5, 0.6) is 11.5 Å². The van der Waals surface area contributed by atoms with Gasteiger partial charge in [-0.15, -0.1) is 0 Å². The summed E-state index contributed by atoms with van der Waals surface area (Å²) in [4.78, 5) is 64.0. The van der Waals surface area contributed by atoms with Gasteiger partial charge >= 0.3 is 12.1 Å². The highest BCUT2D eigenvalue weighted by atomic mass is 32.2. The molecule has 2 fully saturated rings. The van der Waals surface area contributed by atoms with Gasteiger partial charge in [-0.1, -0.05) is 56.3 Å². The van der Waals surface area contributed by atoms with Crippen molar-refractivity contribution in [1.82, 2.24) is 5.32 Å². The number of carboxylic acid groups (broad SMARTS) is 1. The monoisotopic (exact) mass is 996 g/mol. The molecule has 20 heteroatoms. The highest BCUT2D eigenvalue weighted by Gasteiger charge is 2.44. The number of aromatic carboxylic acids is 1. The molecular weight excluding hydrogens is 945 g/mol. The van der Waals surface area contributed by atoms with Gasteiger partial charge in [-0.2, -0.15) is 0 Å². The molecule has 0 spiro atoms. The SMILES string of the molecule is CC(C)CC(C[C@@H](O)[C@H](Cc1ccccc1)NC(=O)O[C@H]1CO[C@H]2OCC[C@H]21)S(=O)(=O)c1ccc(NC(=O)c2cc(=O)c3c(OCC(O)COc4cccc5oc(C(=O)O)cc(=O)c45)cccc3o2)cc1. The maximum atomic E-state index is 14.3. The van der Waals surface area contributed by atoms with Gasteiger partial charge in [-0.25, -0.2) is 18.0 Å². The third-order valence-electron chi connectivity index (χ3n) is 12.2. The molecule has 0 bridgehead atoms. The molecular formula is C51H52N2O17S. The Labute approximate surface area is 406 Å². The Balaban J connectivity index is 0.903. The van der Waals surface area contributed by atoms with E-state index in [0.29, 0.717) is 13.0 Å². The first-order valence-electron chi connectivity index (χ1n) is 22.9. The number of carboxylic acids is 1. The number of aliphatic hydroxyl groups excluding tert-OH is 2. The second-order valence-corrected chi connectivity index (χ2v) is 20.0. The first-order valence-corrected chi connectivity index (χ1v) is 24.5. The summed E-state index contributed by atoms with van der Waals surface area (Å²) in [5, 5.41) is 35.9. The Bertz CT molecular complexity index is 3120. The Morgan fingerprint density at radius 2 is 1.39 bits per heavy atom. The Morgan fingerprint density at radius 1 is 0.775 bits per heavy atom. The third-order valence-corrected chi connectivity index (χ3v) is 14.3. The number of aliphatic hydroxyl groups is 2. The number of anilines is 1. The molecule has 2 aliphatic heterocycles. The summed E-state index contributed by atoms with van der Waals surface area (Å²) in [5.74, 6) is -3.24. The average molecular weight is 997 g/mol. The van der Waals surface area contributed by atoms with Crippen LogP contribution in [0.4, 0.5) is 10.5 Å².